The molecule has 5 nitrogen and oxygen atoms in total. The molecule has 0 aromatic heterocycles. The van der Waals surface area contributed by atoms with Crippen molar-refractivity contribution in [3.63, 3.8) is 0 Å². The molecule has 0 bridgehead atoms. The molecule has 6 heteroatoms. The molecular formula is C14H19ClN2O3. The number of carboxylic acids is 1. The third kappa shape index (κ3) is 6.99. The Labute approximate surface area is 123 Å². The van der Waals surface area contributed by atoms with Crippen LogP contribution in [0.15, 0.2) is 24.3 Å². The fourth-order valence-corrected chi connectivity index (χ4v) is 1.88. The average Bonchev–Trinajstić information content (AvgIpc) is 2.36. The molecule has 2 amide bonds. The van der Waals surface area contributed by atoms with Gasteiger partial charge in [0.15, 0.2) is 0 Å². The summed E-state index contributed by atoms with van der Waals surface area (Å²) in [6.07, 6.45) is 1.53. The zero-order chi connectivity index (χ0) is 15.0. The van der Waals surface area contributed by atoms with Gasteiger partial charge in [0.05, 0.1) is 0 Å². The molecule has 1 unspecified atom stereocenters. The van der Waals surface area contributed by atoms with Crippen molar-refractivity contribution in [1.29, 1.82) is 0 Å². The van der Waals surface area contributed by atoms with Crippen LogP contribution in [0.1, 0.15) is 26.2 Å². The molecule has 1 aromatic carbocycles. The van der Waals surface area contributed by atoms with Gasteiger partial charge in [-0.3, -0.25) is 4.79 Å². The minimum Gasteiger partial charge on any atom is -0.481 e. The van der Waals surface area contributed by atoms with E-state index in [1.165, 1.54) is 0 Å². The summed E-state index contributed by atoms with van der Waals surface area (Å²) in [5.74, 6) is -0.527. The minimum absolute atomic E-state index is 0.163. The van der Waals surface area contributed by atoms with Crippen molar-refractivity contribution in [2.45, 2.75) is 26.2 Å². The molecule has 1 aromatic rings. The maximum Gasteiger partial charge on any atom is 0.319 e. The SMILES string of the molecule is CC(CCNC(=O)Nc1cccc(Cl)c1)CCC(=O)O. The molecule has 0 fully saturated rings. The summed E-state index contributed by atoms with van der Waals surface area (Å²) in [6.45, 7) is 2.48. The summed E-state index contributed by atoms with van der Waals surface area (Å²) in [7, 11) is 0. The summed E-state index contributed by atoms with van der Waals surface area (Å²) in [5, 5.41) is 14.5. The van der Waals surface area contributed by atoms with E-state index in [1.54, 1.807) is 24.3 Å². The van der Waals surface area contributed by atoms with Gasteiger partial charge in [0.1, 0.15) is 0 Å². The van der Waals surface area contributed by atoms with Gasteiger partial charge < -0.3 is 15.7 Å². The van der Waals surface area contributed by atoms with Gasteiger partial charge in [-0.15, -0.1) is 0 Å². The van der Waals surface area contributed by atoms with Crippen LogP contribution < -0.4 is 10.6 Å². The van der Waals surface area contributed by atoms with E-state index in [2.05, 4.69) is 10.6 Å². The monoisotopic (exact) mass is 298 g/mol. The number of hydrogen-bond acceptors (Lipinski definition) is 2. The number of carbonyl (C=O) groups is 2. The predicted molar refractivity (Wildman–Crippen MR) is 79.1 cm³/mol. The summed E-state index contributed by atoms with van der Waals surface area (Å²) in [6, 6.07) is 6.61. The first-order valence-electron chi connectivity index (χ1n) is 6.49. The molecule has 0 aliphatic heterocycles. The highest BCUT2D eigenvalue weighted by Crippen LogP contribution is 2.14. The Morgan fingerprint density at radius 1 is 1.35 bits per heavy atom. The van der Waals surface area contributed by atoms with Crippen LogP contribution in [-0.2, 0) is 4.79 Å². The molecule has 0 saturated heterocycles. The standard InChI is InChI=1S/C14H19ClN2O3/c1-10(5-6-13(18)19)7-8-16-14(20)17-12-4-2-3-11(15)9-12/h2-4,9-10H,5-8H2,1H3,(H,18,19)(H2,16,17,20). The second kappa shape index (κ2) is 8.43. The fraction of sp³-hybridized carbons (Fsp3) is 0.429. The Balaban J connectivity index is 2.21. The molecule has 0 saturated carbocycles. The number of nitrogens with one attached hydrogen (secondary N) is 2. The quantitative estimate of drug-likeness (QED) is 0.722. The van der Waals surface area contributed by atoms with Crippen molar-refractivity contribution in [1.82, 2.24) is 5.32 Å². The molecule has 0 aliphatic carbocycles. The third-order valence-corrected chi connectivity index (χ3v) is 3.09. The fourth-order valence-electron chi connectivity index (χ4n) is 1.69. The number of benzene rings is 1. The van der Waals surface area contributed by atoms with Crippen LogP contribution in [0.3, 0.4) is 0 Å². The molecule has 0 spiro atoms. The first-order valence-corrected chi connectivity index (χ1v) is 6.87. The molecular weight excluding hydrogens is 280 g/mol. The number of urea groups is 1. The zero-order valence-electron chi connectivity index (χ0n) is 11.4. The van der Waals surface area contributed by atoms with E-state index < -0.39 is 5.97 Å². The number of amides is 2. The van der Waals surface area contributed by atoms with Gasteiger partial charge in [0, 0.05) is 23.7 Å². The highest BCUT2D eigenvalue weighted by atomic mass is 35.5. The lowest BCUT2D eigenvalue weighted by Gasteiger charge is -2.11. The number of rotatable bonds is 7. The highest BCUT2D eigenvalue weighted by molar-refractivity contribution is 6.30. The maximum absolute atomic E-state index is 11.6. The second-order valence-corrected chi connectivity index (χ2v) is 5.15. The Morgan fingerprint density at radius 3 is 2.75 bits per heavy atom. The van der Waals surface area contributed by atoms with E-state index >= 15 is 0 Å². The first kappa shape index (κ1) is 16.3. The van der Waals surface area contributed by atoms with E-state index in [4.69, 9.17) is 16.7 Å². The molecule has 1 atom stereocenters. The lowest BCUT2D eigenvalue weighted by molar-refractivity contribution is -0.137. The van der Waals surface area contributed by atoms with Crippen LogP contribution >= 0.6 is 11.6 Å². The van der Waals surface area contributed by atoms with Gasteiger partial charge in [0.25, 0.3) is 0 Å². The van der Waals surface area contributed by atoms with Crippen molar-refractivity contribution in [3.8, 4) is 0 Å². The Hall–Kier alpha value is -1.75. The van der Waals surface area contributed by atoms with E-state index in [9.17, 15) is 9.59 Å². The van der Waals surface area contributed by atoms with Gasteiger partial charge in [0.2, 0.25) is 0 Å². The lowest BCUT2D eigenvalue weighted by atomic mass is 10.0. The molecule has 0 aliphatic rings. The van der Waals surface area contributed by atoms with E-state index in [0.29, 0.717) is 23.7 Å². The summed E-state index contributed by atoms with van der Waals surface area (Å²) in [4.78, 5) is 22.0. The van der Waals surface area contributed by atoms with Crippen LogP contribution in [0, 0.1) is 5.92 Å². The number of aliphatic carboxylic acids is 1. The average molecular weight is 299 g/mol. The number of carbonyl (C=O) groups excluding carboxylic acids is 1. The number of anilines is 1. The minimum atomic E-state index is -0.788. The maximum atomic E-state index is 11.6. The van der Waals surface area contributed by atoms with Crippen LogP contribution in [0.25, 0.3) is 0 Å². The summed E-state index contributed by atoms with van der Waals surface area (Å²) >= 11 is 5.81. The molecule has 1 rings (SSSR count). The number of carboxylic acid groups (broad SMARTS) is 1. The smallest absolute Gasteiger partial charge is 0.319 e. The van der Waals surface area contributed by atoms with Crippen LogP contribution in [0.2, 0.25) is 5.02 Å². The Morgan fingerprint density at radius 2 is 2.10 bits per heavy atom. The topological polar surface area (TPSA) is 78.4 Å². The largest absolute Gasteiger partial charge is 0.481 e. The Bertz CT molecular complexity index is 465. The van der Waals surface area contributed by atoms with Gasteiger partial charge in [-0.2, -0.15) is 0 Å². The van der Waals surface area contributed by atoms with Gasteiger partial charge in [-0.05, 0) is 37.0 Å². The van der Waals surface area contributed by atoms with Gasteiger partial charge in [-0.1, -0.05) is 24.6 Å². The predicted octanol–water partition coefficient (Wildman–Crippen LogP) is 3.35. The summed E-state index contributed by atoms with van der Waals surface area (Å²) < 4.78 is 0. The Kier molecular flexibility index (Phi) is 6.87. The lowest BCUT2D eigenvalue weighted by Crippen LogP contribution is -2.30. The number of halogens is 1. The van der Waals surface area contributed by atoms with Gasteiger partial charge in [-0.25, -0.2) is 4.79 Å². The van der Waals surface area contributed by atoms with Crippen molar-refractivity contribution < 1.29 is 14.7 Å². The first-order chi connectivity index (χ1) is 9.47. The highest BCUT2D eigenvalue weighted by Gasteiger charge is 2.07. The van der Waals surface area contributed by atoms with Crippen LogP contribution in [0.5, 0.6) is 0 Å². The molecule has 20 heavy (non-hydrogen) atoms. The van der Waals surface area contributed by atoms with Gasteiger partial charge >= 0.3 is 12.0 Å². The molecule has 110 valence electrons. The van der Waals surface area contributed by atoms with Crippen molar-refractivity contribution in [2.24, 2.45) is 5.92 Å². The third-order valence-electron chi connectivity index (χ3n) is 2.86. The van der Waals surface area contributed by atoms with Crippen molar-refractivity contribution in [3.05, 3.63) is 29.3 Å². The molecule has 0 radical (unpaired) electrons. The van der Waals surface area contributed by atoms with Crippen LogP contribution in [-0.4, -0.2) is 23.7 Å². The van der Waals surface area contributed by atoms with E-state index in [1.807, 2.05) is 6.92 Å². The van der Waals surface area contributed by atoms with Crippen molar-refractivity contribution in [2.75, 3.05) is 11.9 Å². The molecule has 0 heterocycles. The zero-order valence-corrected chi connectivity index (χ0v) is 12.1. The molecule has 3 N–H and O–H groups in total. The number of hydrogen-bond donors (Lipinski definition) is 3. The normalized spacial score (nSPS) is 11.7. The summed E-state index contributed by atoms with van der Waals surface area (Å²) in [5.41, 5.74) is 0.633. The van der Waals surface area contributed by atoms with Crippen LogP contribution in [0.4, 0.5) is 10.5 Å². The van der Waals surface area contributed by atoms with E-state index in [0.717, 1.165) is 6.42 Å². The van der Waals surface area contributed by atoms with Crippen molar-refractivity contribution >= 4 is 29.3 Å². The second-order valence-electron chi connectivity index (χ2n) is 4.72. The van der Waals surface area contributed by atoms with E-state index in [-0.39, 0.29) is 18.4 Å².